The predicted molar refractivity (Wildman–Crippen MR) is 139 cm³/mol. The average molecular weight is 495 g/mol. The van der Waals surface area contributed by atoms with Crippen molar-refractivity contribution >= 4 is 32.5 Å². The summed E-state index contributed by atoms with van der Waals surface area (Å²) in [6.45, 7) is 7.87. The highest BCUT2D eigenvalue weighted by molar-refractivity contribution is 7.89. The lowest BCUT2D eigenvalue weighted by Crippen LogP contribution is -2.54. The molecule has 186 valence electrons. The molecule has 35 heavy (non-hydrogen) atoms. The van der Waals surface area contributed by atoms with E-state index in [-0.39, 0.29) is 18.5 Å². The number of anilines is 1. The number of benzene rings is 2. The van der Waals surface area contributed by atoms with Crippen LogP contribution in [0.2, 0.25) is 0 Å². The highest BCUT2D eigenvalue weighted by Crippen LogP contribution is 2.26. The number of sulfonamides is 1. The lowest BCUT2D eigenvalue weighted by molar-refractivity contribution is -0.132. The van der Waals surface area contributed by atoms with Crippen LogP contribution in [-0.2, 0) is 21.4 Å². The molecule has 0 radical (unpaired) electrons. The number of nitrogens with zero attached hydrogens (tertiary/aromatic N) is 4. The van der Waals surface area contributed by atoms with Crippen LogP contribution in [0.15, 0.2) is 59.6 Å². The number of rotatable bonds is 5. The summed E-state index contributed by atoms with van der Waals surface area (Å²) in [6.07, 6.45) is 4.80. The maximum Gasteiger partial charge on any atom is 0.243 e. The molecule has 0 aliphatic carbocycles. The van der Waals surface area contributed by atoms with Gasteiger partial charge in [-0.15, -0.1) is 0 Å². The number of hydrogen-bond acceptors (Lipinski definition) is 4. The second kappa shape index (κ2) is 9.66. The van der Waals surface area contributed by atoms with Gasteiger partial charge in [0.05, 0.1) is 4.90 Å². The van der Waals surface area contributed by atoms with Crippen molar-refractivity contribution in [1.82, 2.24) is 13.8 Å². The Morgan fingerprint density at radius 3 is 2.51 bits per heavy atom. The molecule has 1 aromatic heterocycles. The molecule has 3 aromatic rings. The minimum Gasteiger partial charge on any atom is -0.365 e. The normalized spacial score (nSPS) is 19.9. The average Bonchev–Trinajstić information content (AvgIpc) is 3.26. The van der Waals surface area contributed by atoms with E-state index in [1.165, 1.54) is 11.3 Å². The molecule has 0 N–H and O–H groups in total. The van der Waals surface area contributed by atoms with Gasteiger partial charge in [0.2, 0.25) is 15.9 Å². The third kappa shape index (κ3) is 4.82. The van der Waals surface area contributed by atoms with E-state index in [4.69, 9.17) is 0 Å². The summed E-state index contributed by atoms with van der Waals surface area (Å²) in [5.74, 6) is 0.0863. The molecule has 8 heteroatoms. The van der Waals surface area contributed by atoms with Crippen LogP contribution in [0.3, 0.4) is 0 Å². The van der Waals surface area contributed by atoms with Gasteiger partial charge in [-0.2, -0.15) is 4.31 Å². The summed E-state index contributed by atoms with van der Waals surface area (Å²) in [4.78, 5) is 17.8. The van der Waals surface area contributed by atoms with E-state index in [1.54, 1.807) is 16.4 Å². The molecule has 2 aliphatic rings. The molecular formula is C27H34N4O3S. The second-order valence-corrected chi connectivity index (χ2v) is 11.8. The number of carbonyl (C=O) groups excluding carboxylic acids is 1. The topological polar surface area (TPSA) is 65.9 Å². The van der Waals surface area contributed by atoms with Crippen LogP contribution in [0, 0.1) is 6.92 Å². The first kappa shape index (κ1) is 23.9. The fourth-order valence-corrected chi connectivity index (χ4v) is 6.90. The molecule has 7 nitrogen and oxygen atoms in total. The molecular weight excluding hydrogens is 460 g/mol. The van der Waals surface area contributed by atoms with Crippen molar-refractivity contribution in [2.45, 2.75) is 50.6 Å². The van der Waals surface area contributed by atoms with Gasteiger partial charge in [-0.05, 0) is 68.7 Å². The SMILES string of the molecule is Cc1cccc(N2CCN(C(=O)Cn3ccc4cc(S(=O)(=O)N5CCCCC5)ccc43)C[C@@H]2C)c1. The Kier molecular flexibility index (Phi) is 6.59. The highest BCUT2D eigenvalue weighted by atomic mass is 32.2. The summed E-state index contributed by atoms with van der Waals surface area (Å²) < 4.78 is 29.6. The molecule has 2 aromatic carbocycles. The monoisotopic (exact) mass is 494 g/mol. The standard InChI is InChI=1S/C27H34N4O3S/c1-21-7-6-8-24(17-21)31-16-15-29(19-22(31)2)27(32)20-28-14-11-23-18-25(9-10-26(23)28)35(33,34)30-12-4-3-5-13-30/h6-11,14,17-18,22H,3-5,12-13,15-16,19-20H2,1-2H3/t22-/m0/s1. The molecule has 0 unspecified atom stereocenters. The molecule has 2 fully saturated rings. The Labute approximate surface area is 208 Å². The summed E-state index contributed by atoms with van der Waals surface area (Å²) >= 11 is 0. The van der Waals surface area contributed by atoms with Crippen molar-refractivity contribution in [3.05, 3.63) is 60.3 Å². The fraction of sp³-hybridized carbons (Fsp3) is 0.444. The lowest BCUT2D eigenvalue weighted by Gasteiger charge is -2.41. The van der Waals surface area contributed by atoms with Crippen LogP contribution in [0.1, 0.15) is 31.7 Å². The third-order valence-corrected chi connectivity index (χ3v) is 9.21. The first-order valence-electron chi connectivity index (χ1n) is 12.5. The van der Waals surface area contributed by atoms with Crippen molar-refractivity contribution in [2.24, 2.45) is 0 Å². The number of fused-ring (bicyclic) bond motifs is 1. The van der Waals surface area contributed by atoms with Crippen LogP contribution >= 0.6 is 0 Å². The van der Waals surface area contributed by atoms with E-state index in [9.17, 15) is 13.2 Å². The first-order chi connectivity index (χ1) is 16.8. The summed E-state index contributed by atoms with van der Waals surface area (Å²) in [6, 6.07) is 15.9. The lowest BCUT2D eigenvalue weighted by atomic mass is 10.1. The number of aromatic nitrogens is 1. The minimum atomic E-state index is -3.48. The maximum absolute atomic E-state index is 13.2. The van der Waals surface area contributed by atoms with E-state index >= 15 is 0 Å². The Morgan fingerprint density at radius 1 is 0.971 bits per heavy atom. The zero-order valence-electron chi connectivity index (χ0n) is 20.6. The Bertz CT molecular complexity index is 1330. The van der Waals surface area contributed by atoms with Gasteiger partial charge < -0.3 is 14.4 Å². The van der Waals surface area contributed by atoms with Crippen molar-refractivity contribution in [2.75, 3.05) is 37.6 Å². The van der Waals surface area contributed by atoms with E-state index in [2.05, 4.69) is 43.0 Å². The van der Waals surface area contributed by atoms with E-state index in [0.717, 1.165) is 36.7 Å². The largest absolute Gasteiger partial charge is 0.365 e. The van der Waals surface area contributed by atoms with Gasteiger partial charge in [0, 0.05) is 61.6 Å². The maximum atomic E-state index is 13.2. The smallest absolute Gasteiger partial charge is 0.243 e. The second-order valence-electron chi connectivity index (χ2n) is 9.85. The number of piperazine rings is 1. The molecule has 1 atom stereocenters. The number of aryl methyl sites for hydroxylation is 1. The Balaban J connectivity index is 1.27. The number of amides is 1. The number of piperidine rings is 1. The van der Waals surface area contributed by atoms with Crippen molar-refractivity contribution in [3.8, 4) is 0 Å². The molecule has 2 saturated heterocycles. The summed E-state index contributed by atoms with van der Waals surface area (Å²) in [5.41, 5.74) is 3.32. The molecule has 0 bridgehead atoms. The van der Waals surface area contributed by atoms with E-state index in [1.807, 2.05) is 27.8 Å². The molecule has 1 amide bonds. The van der Waals surface area contributed by atoms with Crippen LogP contribution in [0.25, 0.3) is 10.9 Å². The van der Waals surface area contributed by atoms with Crippen LogP contribution in [-0.4, -0.2) is 66.9 Å². The van der Waals surface area contributed by atoms with Crippen molar-refractivity contribution in [3.63, 3.8) is 0 Å². The zero-order valence-corrected chi connectivity index (χ0v) is 21.4. The molecule has 0 saturated carbocycles. The van der Waals surface area contributed by atoms with Crippen molar-refractivity contribution < 1.29 is 13.2 Å². The fourth-order valence-electron chi connectivity index (χ4n) is 5.35. The van der Waals surface area contributed by atoms with Gasteiger partial charge in [0.15, 0.2) is 0 Å². The van der Waals surface area contributed by atoms with Gasteiger partial charge in [-0.25, -0.2) is 8.42 Å². The Morgan fingerprint density at radius 2 is 1.77 bits per heavy atom. The van der Waals surface area contributed by atoms with E-state index in [0.29, 0.717) is 31.1 Å². The van der Waals surface area contributed by atoms with Gasteiger partial charge in [0.1, 0.15) is 6.54 Å². The van der Waals surface area contributed by atoms with Gasteiger partial charge in [0.25, 0.3) is 0 Å². The summed E-state index contributed by atoms with van der Waals surface area (Å²) in [7, 11) is -3.48. The quantitative estimate of drug-likeness (QED) is 0.540. The van der Waals surface area contributed by atoms with Gasteiger partial charge in [-0.1, -0.05) is 18.6 Å². The van der Waals surface area contributed by atoms with Crippen LogP contribution in [0.5, 0.6) is 0 Å². The number of hydrogen-bond donors (Lipinski definition) is 0. The predicted octanol–water partition coefficient (Wildman–Crippen LogP) is 3.86. The van der Waals surface area contributed by atoms with Crippen molar-refractivity contribution in [1.29, 1.82) is 0 Å². The molecule has 0 spiro atoms. The van der Waals surface area contributed by atoms with E-state index < -0.39 is 10.0 Å². The molecule has 5 rings (SSSR count). The number of carbonyl (C=O) groups is 1. The third-order valence-electron chi connectivity index (χ3n) is 7.31. The van der Waals surface area contributed by atoms with Gasteiger partial charge in [-0.3, -0.25) is 4.79 Å². The summed E-state index contributed by atoms with van der Waals surface area (Å²) in [5, 5.41) is 0.841. The first-order valence-corrected chi connectivity index (χ1v) is 14.0. The zero-order chi connectivity index (χ0) is 24.6. The molecule has 3 heterocycles. The van der Waals surface area contributed by atoms with Gasteiger partial charge >= 0.3 is 0 Å². The highest BCUT2D eigenvalue weighted by Gasteiger charge is 2.28. The Hall–Kier alpha value is -2.84. The minimum absolute atomic E-state index is 0.0863. The van der Waals surface area contributed by atoms with Crippen LogP contribution in [0.4, 0.5) is 5.69 Å². The molecule has 2 aliphatic heterocycles. The van der Waals surface area contributed by atoms with Crippen LogP contribution < -0.4 is 4.90 Å².